The Bertz CT molecular complexity index is 525. The fourth-order valence-electron chi connectivity index (χ4n) is 2.49. The van der Waals surface area contributed by atoms with Crippen LogP contribution in [0.25, 0.3) is 0 Å². The summed E-state index contributed by atoms with van der Waals surface area (Å²) in [5, 5.41) is 11.1. The van der Waals surface area contributed by atoms with Crippen molar-refractivity contribution in [1.29, 1.82) is 0 Å². The maximum atomic E-state index is 4.11. The number of hydrogen-bond acceptors (Lipinski definition) is 5. The van der Waals surface area contributed by atoms with Gasteiger partial charge < -0.3 is 10.2 Å². The standard InChI is InChI=1S/C14H19N5S/c1-19-8-2-3-12(9-19)17-11-4-6-13(7-5-11)20-14-15-10-16-18-14/h4-7,10,12,17H,2-3,8-9H2,1H3,(H,15,16,18). The molecule has 0 saturated carbocycles. The third-order valence-electron chi connectivity index (χ3n) is 3.46. The van der Waals surface area contributed by atoms with Crippen molar-refractivity contribution in [2.45, 2.75) is 28.9 Å². The van der Waals surface area contributed by atoms with E-state index in [9.17, 15) is 0 Å². The summed E-state index contributed by atoms with van der Waals surface area (Å²) in [6.07, 6.45) is 4.05. The van der Waals surface area contributed by atoms with Crippen LogP contribution in [0.4, 0.5) is 5.69 Å². The number of aromatic nitrogens is 3. The van der Waals surface area contributed by atoms with Gasteiger partial charge in [0.05, 0.1) is 0 Å². The number of anilines is 1. The predicted octanol–water partition coefficient (Wildman–Crippen LogP) is 2.46. The summed E-state index contributed by atoms with van der Waals surface area (Å²) in [6, 6.07) is 9.05. The minimum absolute atomic E-state index is 0.557. The van der Waals surface area contributed by atoms with E-state index in [1.165, 1.54) is 31.4 Å². The van der Waals surface area contributed by atoms with Gasteiger partial charge in [0.2, 0.25) is 0 Å². The minimum atomic E-state index is 0.557. The zero-order valence-electron chi connectivity index (χ0n) is 11.5. The fourth-order valence-corrected chi connectivity index (χ4v) is 3.19. The lowest BCUT2D eigenvalue weighted by atomic mass is 10.1. The first kappa shape index (κ1) is 13.5. The maximum absolute atomic E-state index is 4.11. The van der Waals surface area contributed by atoms with Gasteiger partial charge in [-0.3, -0.25) is 5.10 Å². The number of likely N-dealkylation sites (N-methyl/N-ethyl adjacent to an activating group) is 1. The molecule has 2 N–H and O–H groups in total. The lowest BCUT2D eigenvalue weighted by Gasteiger charge is -2.30. The number of H-pyrrole nitrogens is 1. The number of likely N-dealkylation sites (tertiary alicyclic amines) is 1. The topological polar surface area (TPSA) is 56.8 Å². The molecule has 0 bridgehead atoms. The van der Waals surface area contributed by atoms with Gasteiger partial charge in [0.15, 0.2) is 5.16 Å². The molecule has 5 nitrogen and oxygen atoms in total. The maximum Gasteiger partial charge on any atom is 0.188 e. The summed E-state index contributed by atoms with van der Waals surface area (Å²) in [5.74, 6) is 0. The fraction of sp³-hybridized carbons (Fsp3) is 0.429. The van der Waals surface area contributed by atoms with Gasteiger partial charge in [-0.15, -0.1) is 0 Å². The SMILES string of the molecule is CN1CCCC(Nc2ccc(Sc3ncn[nH]3)cc2)C1. The normalized spacial score (nSPS) is 19.9. The molecule has 0 aliphatic carbocycles. The smallest absolute Gasteiger partial charge is 0.188 e. The molecular formula is C14H19N5S. The van der Waals surface area contributed by atoms with Crippen molar-refractivity contribution >= 4 is 17.4 Å². The number of hydrogen-bond donors (Lipinski definition) is 2. The van der Waals surface area contributed by atoms with Crippen molar-refractivity contribution in [3.63, 3.8) is 0 Å². The van der Waals surface area contributed by atoms with E-state index in [0.29, 0.717) is 6.04 Å². The average molecular weight is 289 g/mol. The molecule has 6 heteroatoms. The van der Waals surface area contributed by atoms with Crippen LogP contribution >= 0.6 is 11.8 Å². The first-order chi connectivity index (χ1) is 9.79. The molecular weight excluding hydrogens is 270 g/mol. The highest BCUT2D eigenvalue weighted by molar-refractivity contribution is 7.99. The van der Waals surface area contributed by atoms with Crippen molar-refractivity contribution in [1.82, 2.24) is 20.1 Å². The van der Waals surface area contributed by atoms with Crippen LogP contribution in [0.1, 0.15) is 12.8 Å². The van der Waals surface area contributed by atoms with Crippen LogP contribution in [0.15, 0.2) is 40.6 Å². The molecule has 106 valence electrons. The van der Waals surface area contributed by atoms with Gasteiger partial charge in [-0.2, -0.15) is 5.10 Å². The number of rotatable bonds is 4. The highest BCUT2D eigenvalue weighted by Crippen LogP contribution is 2.25. The Hall–Kier alpha value is -1.53. The molecule has 0 radical (unpaired) electrons. The first-order valence-corrected chi connectivity index (χ1v) is 7.69. The number of aromatic amines is 1. The molecule has 1 fully saturated rings. The first-order valence-electron chi connectivity index (χ1n) is 6.88. The van der Waals surface area contributed by atoms with Crippen molar-refractivity contribution < 1.29 is 0 Å². The average Bonchev–Trinajstić information content (AvgIpc) is 2.94. The van der Waals surface area contributed by atoms with Crippen LogP contribution in [0, 0.1) is 0 Å². The van der Waals surface area contributed by atoms with E-state index in [2.05, 4.69) is 56.7 Å². The zero-order chi connectivity index (χ0) is 13.8. The third-order valence-corrected chi connectivity index (χ3v) is 4.35. The van der Waals surface area contributed by atoms with Crippen LogP contribution in [0.2, 0.25) is 0 Å². The van der Waals surface area contributed by atoms with Gasteiger partial charge in [0.1, 0.15) is 6.33 Å². The molecule has 0 amide bonds. The lowest BCUT2D eigenvalue weighted by molar-refractivity contribution is 0.261. The Morgan fingerprint density at radius 2 is 2.20 bits per heavy atom. The molecule has 2 heterocycles. The van der Waals surface area contributed by atoms with Crippen LogP contribution in [-0.4, -0.2) is 46.3 Å². The van der Waals surface area contributed by atoms with Crippen LogP contribution in [0.5, 0.6) is 0 Å². The van der Waals surface area contributed by atoms with Crippen LogP contribution < -0.4 is 5.32 Å². The third kappa shape index (κ3) is 3.52. The van der Waals surface area contributed by atoms with Crippen molar-refractivity contribution in [2.24, 2.45) is 0 Å². The van der Waals surface area contributed by atoms with Crippen molar-refractivity contribution in [3.8, 4) is 0 Å². The molecule has 1 saturated heterocycles. The summed E-state index contributed by atoms with van der Waals surface area (Å²) in [5.41, 5.74) is 1.19. The summed E-state index contributed by atoms with van der Waals surface area (Å²) in [4.78, 5) is 7.66. The Labute approximate surface area is 123 Å². The van der Waals surface area contributed by atoms with E-state index in [1.807, 2.05) is 0 Å². The van der Waals surface area contributed by atoms with Gasteiger partial charge in [0, 0.05) is 23.2 Å². The highest BCUT2D eigenvalue weighted by atomic mass is 32.2. The molecule has 1 aliphatic rings. The Morgan fingerprint density at radius 1 is 1.35 bits per heavy atom. The molecule has 1 aromatic carbocycles. The molecule has 2 aromatic rings. The number of nitrogens with one attached hydrogen (secondary N) is 2. The summed E-state index contributed by atoms with van der Waals surface area (Å²) in [6.45, 7) is 2.33. The van der Waals surface area contributed by atoms with E-state index in [1.54, 1.807) is 11.8 Å². The second-order valence-corrected chi connectivity index (χ2v) is 6.23. The number of benzene rings is 1. The molecule has 1 aromatic heterocycles. The molecule has 1 aliphatic heterocycles. The minimum Gasteiger partial charge on any atom is -0.381 e. The van der Waals surface area contributed by atoms with E-state index >= 15 is 0 Å². The van der Waals surface area contributed by atoms with E-state index in [-0.39, 0.29) is 0 Å². The van der Waals surface area contributed by atoms with Gasteiger partial charge >= 0.3 is 0 Å². The van der Waals surface area contributed by atoms with E-state index in [0.717, 1.165) is 16.6 Å². The molecule has 0 spiro atoms. The van der Waals surface area contributed by atoms with Gasteiger partial charge in [-0.05, 0) is 50.7 Å². The largest absolute Gasteiger partial charge is 0.381 e. The quantitative estimate of drug-likeness (QED) is 0.905. The second-order valence-electron chi connectivity index (χ2n) is 5.16. The number of piperidine rings is 1. The summed E-state index contributed by atoms with van der Waals surface area (Å²) >= 11 is 1.58. The Morgan fingerprint density at radius 3 is 2.90 bits per heavy atom. The molecule has 1 unspecified atom stereocenters. The summed E-state index contributed by atoms with van der Waals surface area (Å²) < 4.78 is 0. The van der Waals surface area contributed by atoms with E-state index < -0.39 is 0 Å². The van der Waals surface area contributed by atoms with Gasteiger partial charge in [0.25, 0.3) is 0 Å². The highest BCUT2D eigenvalue weighted by Gasteiger charge is 2.16. The van der Waals surface area contributed by atoms with Gasteiger partial charge in [-0.1, -0.05) is 11.8 Å². The Kier molecular flexibility index (Phi) is 4.22. The van der Waals surface area contributed by atoms with Crippen LogP contribution in [-0.2, 0) is 0 Å². The Balaban J connectivity index is 1.58. The second kappa shape index (κ2) is 6.28. The van der Waals surface area contributed by atoms with Crippen molar-refractivity contribution in [2.75, 3.05) is 25.5 Å². The van der Waals surface area contributed by atoms with Crippen LogP contribution in [0.3, 0.4) is 0 Å². The lowest BCUT2D eigenvalue weighted by Crippen LogP contribution is -2.39. The monoisotopic (exact) mass is 289 g/mol. The van der Waals surface area contributed by atoms with E-state index in [4.69, 9.17) is 0 Å². The predicted molar refractivity (Wildman–Crippen MR) is 81.1 cm³/mol. The van der Waals surface area contributed by atoms with Gasteiger partial charge in [-0.25, -0.2) is 4.98 Å². The van der Waals surface area contributed by atoms with Crippen molar-refractivity contribution in [3.05, 3.63) is 30.6 Å². The summed E-state index contributed by atoms with van der Waals surface area (Å²) in [7, 11) is 2.19. The zero-order valence-corrected chi connectivity index (χ0v) is 12.4. The molecule has 3 rings (SSSR count). The molecule has 20 heavy (non-hydrogen) atoms. The number of nitrogens with zero attached hydrogens (tertiary/aromatic N) is 3. The molecule has 1 atom stereocenters.